The third kappa shape index (κ3) is 3.61. The fourth-order valence-corrected chi connectivity index (χ4v) is 3.55. The number of anilines is 1. The molecule has 0 spiro atoms. The Balaban J connectivity index is 1.80. The highest BCUT2D eigenvalue weighted by molar-refractivity contribution is 6.29. The Hall–Kier alpha value is -2.70. The van der Waals surface area contributed by atoms with Gasteiger partial charge in [0.25, 0.3) is 5.92 Å². The van der Waals surface area contributed by atoms with Crippen LogP contribution in [0.4, 0.5) is 23.7 Å². The maximum atomic E-state index is 15.0. The normalized spacial score (nSPS) is 20.7. The van der Waals surface area contributed by atoms with Gasteiger partial charge in [-0.3, -0.25) is 0 Å². The summed E-state index contributed by atoms with van der Waals surface area (Å²) in [7, 11) is 0. The van der Waals surface area contributed by atoms with Crippen LogP contribution in [0.15, 0.2) is 18.2 Å². The molecule has 0 saturated heterocycles. The molecule has 0 unspecified atom stereocenters. The van der Waals surface area contributed by atoms with Crippen LogP contribution in [0, 0.1) is 23.6 Å². The van der Waals surface area contributed by atoms with Crippen LogP contribution in [0.1, 0.15) is 36.6 Å². The largest absolute Gasteiger partial charge is 0.390 e. The van der Waals surface area contributed by atoms with E-state index in [1.165, 1.54) is 16.8 Å². The zero-order valence-electron chi connectivity index (χ0n) is 15.9. The van der Waals surface area contributed by atoms with Crippen LogP contribution in [-0.4, -0.2) is 26.8 Å². The van der Waals surface area contributed by atoms with Gasteiger partial charge in [0.05, 0.1) is 18.8 Å². The topological polar surface area (TPSA) is 79.2 Å². The predicted molar refractivity (Wildman–Crippen MR) is 104 cm³/mol. The number of alkyl halides is 2. The monoisotopic (exact) mass is 438 g/mol. The molecule has 30 heavy (non-hydrogen) atoms. The zero-order chi connectivity index (χ0) is 21.7. The molecule has 2 aliphatic rings. The number of nitrogens with zero attached hydrogens (tertiary/aromatic N) is 2. The van der Waals surface area contributed by atoms with Gasteiger partial charge in [-0.2, -0.15) is 5.10 Å². The number of benzene rings is 1. The summed E-state index contributed by atoms with van der Waals surface area (Å²) in [5.41, 5.74) is -2.08. The summed E-state index contributed by atoms with van der Waals surface area (Å²) in [6.45, 7) is 0.190. The van der Waals surface area contributed by atoms with Crippen molar-refractivity contribution >= 4 is 23.3 Å². The summed E-state index contributed by atoms with van der Waals surface area (Å²) in [5.74, 6) is 1.07. The lowest BCUT2D eigenvalue weighted by Gasteiger charge is -2.40. The van der Waals surface area contributed by atoms with E-state index in [0.717, 1.165) is 18.9 Å². The predicted octanol–water partition coefficient (Wildman–Crippen LogP) is 3.62. The highest BCUT2D eigenvalue weighted by atomic mass is 35.5. The lowest BCUT2D eigenvalue weighted by Crippen LogP contribution is -2.59. The summed E-state index contributed by atoms with van der Waals surface area (Å²) >= 11 is 6.04. The molecule has 1 aliphatic heterocycles. The van der Waals surface area contributed by atoms with E-state index in [-0.39, 0.29) is 41.0 Å². The van der Waals surface area contributed by atoms with Crippen LogP contribution in [0.5, 0.6) is 0 Å². The van der Waals surface area contributed by atoms with Gasteiger partial charge in [-0.05, 0) is 25.0 Å². The van der Waals surface area contributed by atoms with E-state index >= 15 is 0 Å². The summed E-state index contributed by atoms with van der Waals surface area (Å²) < 4.78 is 45.7. The van der Waals surface area contributed by atoms with Crippen molar-refractivity contribution in [2.24, 2.45) is 5.92 Å². The molecule has 1 aliphatic carbocycles. The van der Waals surface area contributed by atoms with E-state index in [2.05, 4.69) is 27.6 Å². The highest BCUT2D eigenvalue weighted by Crippen LogP contribution is 2.44. The lowest BCUT2D eigenvalue weighted by atomic mass is 9.81. The number of urea groups is 1. The van der Waals surface area contributed by atoms with Crippen LogP contribution in [-0.2, 0) is 18.7 Å². The number of carbonyl (C=O) groups excluding carboxylic acids is 1. The second-order valence-corrected chi connectivity index (χ2v) is 7.91. The van der Waals surface area contributed by atoms with Crippen molar-refractivity contribution in [1.82, 2.24) is 15.1 Å². The van der Waals surface area contributed by atoms with Crippen molar-refractivity contribution in [2.75, 3.05) is 5.32 Å². The fraction of sp³-hybridized carbons (Fsp3) is 0.400. The van der Waals surface area contributed by atoms with E-state index in [1.807, 2.05) is 0 Å². The minimum absolute atomic E-state index is 0.00580. The van der Waals surface area contributed by atoms with Crippen LogP contribution in [0.3, 0.4) is 0 Å². The van der Waals surface area contributed by atoms with Crippen molar-refractivity contribution in [1.29, 1.82) is 0 Å². The van der Waals surface area contributed by atoms with E-state index in [4.69, 9.17) is 16.7 Å². The Morgan fingerprint density at radius 1 is 1.40 bits per heavy atom. The van der Waals surface area contributed by atoms with Gasteiger partial charge in [-0.15, -0.1) is 0 Å². The fourth-order valence-electron chi connectivity index (χ4n) is 3.33. The number of aliphatic hydroxyl groups excluding tert-OH is 1. The number of nitrogens with one attached hydrogen (secondary N) is 2. The third-order valence-electron chi connectivity index (χ3n) is 5.10. The van der Waals surface area contributed by atoms with Gasteiger partial charge in [0.15, 0.2) is 5.54 Å². The molecule has 2 aromatic rings. The second kappa shape index (κ2) is 7.22. The Kier molecular flexibility index (Phi) is 4.95. The van der Waals surface area contributed by atoms with E-state index in [0.29, 0.717) is 12.6 Å². The van der Waals surface area contributed by atoms with Gasteiger partial charge in [0.1, 0.15) is 11.0 Å². The van der Waals surface area contributed by atoms with Crippen LogP contribution in [0.2, 0.25) is 5.15 Å². The number of aromatic nitrogens is 2. The second-order valence-electron chi connectivity index (χ2n) is 7.52. The number of amides is 2. The van der Waals surface area contributed by atoms with Gasteiger partial charge >= 0.3 is 6.03 Å². The molecule has 3 N–H and O–H groups in total. The first-order chi connectivity index (χ1) is 14.1. The average Bonchev–Trinajstić information content (AvgIpc) is 3.42. The Morgan fingerprint density at radius 2 is 2.13 bits per heavy atom. The van der Waals surface area contributed by atoms with Gasteiger partial charge in [-0.1, -0.05) is 23.4 Å². The molecule has 0 radical (unpaired) electrons. The van der Waals surface area contributed by atoms with Gasteiger partial charge in [-0.25, -0.2) is 22.6 Å². The van der Waals surface area contributed by atoms with Gasteiger partial charge in [0, 0.05) is 35.7 Å². The smallest absolute Gasteiger partial charge is 0.320 e. The number of fused-ring (bicyclic) bond motifs is 1. The van der Waals surface area contributed by atoms with Crippen LogP contribution >= 0.6 is 11.6 Å². The summed E-state index contributed by atoms with van der Waals surface area (Å²) in [4.78, 5) is 12.2. The maximum Gasteiger partial charge on any atom is 0.320 e. The molecule has 1 fully saturated rings. The van der Waals surface area contributed by atoms with E-state index in [9.17, 15) is 18.0 Å². The molecular formula is C20H18ClF3N4O2. The Morgan fingerprint density at radius 3 is 2.73 bits per heavy atom. The van der Waals surface area contributed by atoms with E-state index < -0.39 is 23.3 Å². The first-order valence-corrected chi connectivity index (χ1v) is 9.66. The molecule has 4 rings (SSSR count). The number of hydrogen-bond acceptors (Lipinski definition) is 3. The van der Waals surface area contributed by atoms with Crippen molar-refractivity contribution in [3.63, 3.8) is 0 Å². The molecule has 1 saturated carbocycles. The molecule has 10 heteroatoms. The maximum absolute atomic E-state index is 15.0. The SMILES string of the molecule is CC(F)(F)[C@@]1(C#CC2CC2)NC(=O)Nc2cc(Cn3nc(CO)cc3Cl)c(F)cc21. The van der Waals surface area contributed by atoms with Crippen LogP contribution < -0.4 is 10.6 Å². The molecular weight excluding hydrogens is 421 g/mol. The molecule has 158 valence electrons. The average molecular weight is 439 g/mol. The molecule has 6 nitrogen and oxygen atoms in total. The third-order valence-corrected chi connectivity index (χ3v) is 5.41. The van der Waals surface area contributed by atoms with Crippen molar-refractivity contribution in [2.45, 2.75) is 44.4 Å². The van der Waals surface area contributed by atoms with Gasteiger partial charge < -0.3 is 15.7 Å². The quantitative estimate of drug-likeness (QED) is 0.638. The molecule has 1 aromatic carbocycles. The summed E-state index contributed by atoms with van der Waals surface area (Å²) in [5, 5.41) is 18.1. The molecule has 2 amide bonds. The Labute approximate surface area is 175 Å². The number of rotatable bonds is 4. The zero-order valence-corrected chi connectivity index (χ0v) is 16.7. The first kappa shape index (κ1) is 20.6. The minimum Gasteiger partial charge on any atom is -0.390 e. The van der Waals surface area contributed by atoms with Crippen molar-refractivity contribution < 1.29 is 23.1 Å². The molecule has 1 atom stereocenters. The minimum atomic E-state index is -3.48. The highest BCUT2D eigenvalue weighted by Gasteiger charge is 2.55. The number of hydrogen-bond donors (Lipinski definition) is 3. The molecule has 0 bridgehead atoms. The number of carbonyl (C=O) groups is 1. The summed E-state index contributed by atoms with van der Waals surface area (Å²) in [6, 6.07) is 2.81. The van der Waals surface area contributed by atoms with Crippen LogP contribution in [0.25, 0.3) is 0 Å². The Bertz CT molecular complexity index is 1080. The molecule has 2 heterocycles. The molecule has 1 aromatic heterocycles. The van der Waals surface area contributed by atoms with Crippen molar-refractivity contribution in [3.8, 4) is 11.8 Å². The number of aliphatic hydroxyl groups is 1. The number of halogens is 4. The van der Waals surface area contributed by atoms with Gasteiger partial charge in [0.2, 0.25) is 0 Å². The lowest BCUT2D eigenvalue weighted by molar-refractivity contribution is -0.0465. The summed E-state index contributed by atoms with van der Waals surface area (Å²) in [6.07, 6.45) is 1.62. The van der Waals surface area contributed by atoms with Crippen molar-refractivity contribution in [3.05, 3.63) is 46.0 Å². The first-order valence-electron chi connectivity index (χ1n) is 9.28. The van der Waals surface area contributed by atoms with E-state index in [1.54, 1.807) is 0 Å². The standard InChI is InChI=1S/C20H18ClF3N4O2/c1-19(23,24)20(5-4-11-2-3-11)14-8-15(22)12(6-16(14)25-18(30)26-20)9-28-17(21)7-13(10-29)27-28/h6-8,11,29H,2-3,9-10H2,1H3,(H2,25,26,30)/t20-/m0/s1.